The number of H-pyrrole nitrogens is 1. The topological polar surface area (TPSA) is 128 Å². The fourth-order valence-corrected chi connectivity index (χ4v) is 3.49. The molecule has 4 rings (SSSR count). The second-order valence-corrected chi connectivity index (χ2v) is 8.21. The van der Waals surface area contributed by atoms with Gasteiger partial charge in [0, 0.05) is 12.1 Å². The van der Waals surface area contributed by atoms with Gasteiger partial charge in [0.2, 0.25) is 0 Å². The van der Waals surface area contributed by atoms with Crippen molar-refractivity contribution in [2.75, 3.05) is 11.9 Å². The Morgan fingerprint density at radius 3 is 2.86 bits per heavy atom. The molecule has 0 aliphatic carbocycles. The van der Waals surface area contributed by atoms with Gasteiger partial charge in [0.05, 0.1) is 29.9 Å². The number of aromatic nitrogens is 5. The van der Waals surface area contributed by atoms with Gasteiger partial charge in [-0.15, -0.1) is 13.2 Å². The van der Waals surface area contributed by atoms with Crippen molar-refractivity contribution in [3.05, 3.63) is 35.4 Å². The van der Waals surface area contributed by atoms with Crippen LogP contribution in [0.4, 0.5) is 34.0 Å². The Kier molecular flexibility index (Phi) is 6.80. The minimum absolute atomic E-state index is 0.0488. The van der Waals surface area contributed by atoms with Gasteiger partial charge in [-0.2, -0.15) is 10.2 Å². The standard InChI is InChI=1S/C20H23F4N7O4/c1-9(2)25-19(32)35-14-8-33-17(16(14)21)12-5-15(29-28-12)27-18-13-4-11(7-34-20(22,23)24)30-31(13)6-10(3)26-18/h4-6,9,14,16-17H,7-8H2,1-3H3,(H,25,32)(H2,26,27,28,29)/t14-,16-,17-/m1/s1. The predicted molar refractivity (Wildman–Crippen MR) is 113 cm³/mol. The number of hydrogen-bond acceptors (Lipinski definition) is 8. The van der Waals surface area contributed by atoms with Crippen LogP contribution >= 0.6 is 0 Å². The fraction of sp³-hybridized carbons (Fsp3) is 0.500. The number of anilines is 2. The van der Waals surface area contributed by atoms with E-state index in [9.17, 15) is 22.4 Å². The molecule has 0 saturated carbocycles. The number of nitrogens with zero attached hydrogens (tertiary/aromatic N) is 4. The lowest BCUT2D eigenvalue weighted by molar-refractivity contribution is -0.330. The van der Waals surface area contributed by atoms with E-state index in [2.05, 4.69) is 35.7 Å². The maximum Gasteiger partial charge on any atom is 0.522 e. The first-order valence-electron chi connectivity index (χ1n) is 10.6. The first-order chi connectivity index (χ1) is 16.5. The summed E-state index contributed by atoms with van der Waals surface area (Å²) in [5, 5.41) is 16.3. The summed E-state index contributed by atoms with van der Waals surface area (Å²) in [6.07, 6.45) is -7.73. The number of alkyl halides is 4. The van der Waals surface area contributed by atoms with Crippen LogP contribution in [0, 0.1) is 6.92 Å². The third kappa shape index (κ3) is 5.97. The zero-order valence-corrected chi connectivity index (χ0v) is 18.9. The number of aromatic amines is 1. The molecule has 0 unspecified atom stereocenters. The molecule has 1 fully saturated rings. The number of fused-ring (bicyclic) bond motifs is 1. The Bertz CT molecular complexity index is 1200. The van der Waals surface area contributed by atoms with Gasteiger partial charge in [-0.25, -0.2) is 18.7 Å². The lowest BCUT2D eigenvalue weighted by Crippen LogP contribution is -2.36. The maximum atomic E-state index is 14.9. The summed E-state index contributed by atoms with van der Waals surface area (Å²) < 4.78 is 67.7. The number of alkyl carbamates (subject to hydrolysis) is 1. The van der Waals surface area contributed by atoms with Crippen LogP contribution < -0.4 is 10.6 Å². The molecule has 3 atom stereocenters. The van der Waals surface area contributed by atoms with Crippen molar-refractivity contribution in [2.45, 2.75) is 58.2 Å². The Morgan fingerprint density at radius 2 is 2.14 bits per heavy atom. The van der Waals surface area contributed by atoms with E-state index in [1.54, 1.807) is 27.0 Å². The van der Waals surface area contributed by atoms with E-state index in [0.717, 1.165) is 0 Å². The summed E-state index contributed by atoms with van der Waals surface area (Å²) in [5.74, 6) is 0.525. The molecule has 15 heteroatoms. The quantitative estimate of drug-likeness (QED) is 0.420. The van der Waals surface area contributed by atoms with Gasteiger partial charge in [-0.1, -0.05) is 0 Å². The molecule has 35 heavy (non-hydrogen) atoms. The lowest BCUT2D eigenvalue weighted by Gasteiger charge is -2.16. The largest absolute Gasteiger partial charge is 0.522 e. The highest BCUT2D eigenvalue weighted by atomic mass is 19.4. The van der Waals surface area contributed by atoms with E-state index in [0.29, 0.717) is 16.9 Å². The molecule has 190 valence electrons. The van der Waals surface area contributed by atoms with Crippen molar-refractivity contribution >= 4 is 23.2 Å². The van der Waals surface area contributed by atoms with Crippen LogP contribution in [0.15, 0.2) is 18.3 Å². The van der Waals surface area contributed by atoms with Gasteiger partial charge >= 0.3 is 12.5 Å². The van der Waals surface area contributed by atoms with Crippen molar-refractivity contribution in [3.8, 4) is 0 Å². The molecule has 1 aliphatic heterocycles. The summed E-state index contributed by atoms with van der Waals surface area (Å²) in [7, 11) is 0. The van der Waals surface area contributed by atoms with Crippen molar-refractivity contribution in [1.29, 1.82) is 0 Å². The molecule has 11 nitrogen and oxygen atoms in total. The maximum absolute atomic E-state index is 14.9. The highest BCUT2D eigenvalue weighted by Crippen LogP contribution is 2.34. The monoisotopic (exact) mass is 501 g/mol. The van der Waals surface area contributed by atoms with E-state index >= 15 is 0 Å². The molecule has 1 saturated heterocycles. The van der Waals surface area contributed by atoms with Crippen LogP contribution in [-0.4, -0.2) is 62.2 Å². The molecule has 0 bridgehead atoms. The van der Waals surface area contributed by atoms with Gasteiger partial charge < -0.3 is 20.1 Å². The van der Waals surface area contributed by atoms with Gasteiger partial charge in [-0.05, 0) is 26.8 Å². The van der Waals surface area contributed by atoms with Crippen molar-refractivity contribution in [3.63, 3.8) is 0 Å². The van der Waals surface area contributed by atoms with Crippen LogP contribution in [0.1, 0.15) is 37.0 Å². The number of amides is 1. The Balaban J connectivity index is 1.46. The minimum atomic E-state index is -4.78. The molecular weight excluding hydrogens is 478 g/mol. The number of hydrogen-bond donors (Lipinski definition) is 3. The summed E-state index contributed by atoms with van der Waals surface area (Å²) in [5.41, 5.74) is 1.26. The second-order valence-electron chi connectivity index (χ2n) is 8.21. The van der Waals surface area contributed by atoms with E-state index < -0.39 is 37.4 Å². The van der Waals surface area contributed by atoms with Crippen molar-refractivity contribution < 1.29 is 36.6 Å². The van der Waals surface area contributed by atoms with Crippen molar-refractivity contribution in [2.24, 2.45) is 0 Å². The number of carbonyl (C=O) groups is 1. The number of rotatable bonds is 7. The molecule has 3 aromatic rings. The zero-order valence-electron chi connectivity index (χ0n) is 18.9. The molecule has 0 spiro atoms. The van der Waals surface area contributed by atoms with Crippen LogP contribution in [-0.2, 0) is 20.8 Å². The average Bonchev–Trinajstić information content (AvgIpc) is 3.45. The van der Waals surface area contributed by atoms with Crippen LogP contribution in [0.3, 0.4) is 0 Å². The van der Waals surface area contributed by atoms with Crippen molar-refractivity contribution in [1.82, 2.24) is 30.1 Å². The number of ether oxygens (including phenoxy) is 3. The van der Waals surface area contributed by atoms with Gasteiger partial charge in [-0.3, -0.25) is 9.84 Å². The average molecular weight is 501 g/mol. The van der Waals surface area contributed by atoms with E-state index in [1.165, 1.54) is 16.6 Å². The Morgan fingerprint density at radius 1 is 1.37 bits per heavy atom. The summed E-state index contributed by atoms with van der Waals surface area (Å²) in [6, 6.07) is 2.74. The van der Waals surface area contributed by atoms with E-state index in [4.69, 9.17) is 9.47 Å². The first-order valence-corrected chi connectivity index (χ1v) is 10.6. The Labute approximate surface area is 196 Å². The summed E-state index contributed by atoms with van der Waals surface area (Å²) >= 11 is 0. The smallest absolute Gasteiger partial charge is 0.441 e. The molecule has 3 aromatic heterocycles. The van der Waals surface area contributed by atoms with Crippen LogP contribution in [0.5, 0.6) is 0 Å². The number of aryl methyl sites for hydroxylation is 1. The summed E-state index contributed by atoms with van der Waals surface area (Å²) in [4.78, 5) is 16.1. The minimum Gasteiger partial charge on any atom is -0.441 e. The summed E-state index contributed by atoms with van der Waals surface area (Å²) in [6.45, 7) is 4.30. The van der Waals surface area contributed by atoms with Gasteiger partial charge in [0.15, 0.2) is 23.9 Å². The fourth-order valence-electron chi connectivity index (χ4n) is 3.49. The molecule has 3 N–H and O–H groups in total. The lowest BCUT2D eigenvalue weighted by atomic mass is 10.1. The molecule has 0 radical (unpaired) electrons. The molecule has 1 aliphatic rings. The van der Waals surface area contributed by atoms with Crippen LogP contribution in [0.2, 0.25) is 0 Å². The normalized spacial score (nSPS) is 20.5. The molecule has 4 heterocycles. The third-order valence-corrected chi connectivity index (χ3v) is 4.91. The predicted octanol–water partition coefficient (Wildman–Crippen LogP) is 3.45. The third-order valence-electron chi connectivity index (χ3n) is 4.91. The first kappa shape index (κ1) is 24.7. The molecule has 0 aromatic carbocycles. The Hall–Kier alpha value is -3.46. The highest BCUT2D eigenvalue weighted by molar-refractivity contribution is 5.72. The molecule has 1 amide bonds. The molecular formula is C20H23F4N7O4. The SMILES string of the molecule is Cc1cn2nc(COC(F)(F)F)cc2c(Nc2cc([C@H]3OC[C@@H](OC(=O)NC(C)C)[C@H]3F)[nH]n2)n1. The number of halogens is 4. The van der Waals surface area contributed by atoms with E-state index in [-0.39, 0.29) is 30.0 Å². The van der Waals surface area contributed by atoms with E-state index in [1.807, 2.05) is 0 Å². The van der Waals surface area contributed by atoms with Gasteiger partial charge in [0.25, 0.3) is 0 Å². The second kappa shape index (κ2) is 9.65. The zero-order chi connectivity index (χ0) is 25.3. The number of nitrogens with one attached hydrogen (secondary N) is 3. The highest BCUT2D eigenvalue weighted by Gasteiger charge is 2.42. The number of carbonyl (C=O) groups excluding carboxylic acids is 1. The van der Waals surface area contributed by atoms with Gasteiger partial charge in [0.1, 0.15) is 18.2 Å². The van der Waals surface area contributed by atoms with Crippen LogP contribution in [0.25, 0.3) is 5.52 Å².